The molecule has 0 spiro atoms. The lowest BCUT2D eigenvalue weighted by Crippen LogP contribution is -2.58. The van der Waals surface area contributed by atoms with Crippen LogP contribution in [0.2, 0.25) is 0 Å². The molecule has 0 aromatic heterocycles. The maximum atomic E-state index is 13.2. The van der Waals surface area contributed by atoms with E-state index in [2.05, 4.69) is 5.32 Å². The normalized spacial score (nSPS) is 30.0. The Bertz CT molecular complexity index is 960. The quantitative estimate of drug-likeness (QED) is 0.564. The molecule has 0 heterocycles. The minimum absolute atomic E-state index is 0.103. The lowest BCUT2D eigenvalue weighted by molar-refractivity contribution is -0.197. The molecule has 186 valence electrons. The summed E-state index contributed by atoms with van der Waals surface area (Å²) in [5.74, 6) is -0.295. The number of aliphatic hydroxyl groups is 1. The van der Waals surface area contributed by atoms with Crippen LogP contribution in [0.4, 0.5) is 5.69 Å². The SMILES string of the molecule is CC[C@@H](C)N(CC(=O)Nc1cccc(C)c1C)C(=O)COC(=O)C12C[C@H]3C[C@@H](CC(O)(C3)C1)C2. The van der Waals surface area contributed by atoms with Crippen LogP contribution in [-0.2, 0) is 19.1 Å². The van der Waals surface area contributed by atoms with Crippen LogP contribution in [0.5, 0.6) is 0 Å². The molecule has 3 atom stereocenters. The van der Waals surface area contributed by atoms with E-state index < -0.39 is 11.0 Å². The number of carbonyl (C=O) groups is 3. The van der Waals surface area contributed by atoms with E-state index in [4.69, 9.17) is 4.74 Å². The summed E-state index contributed by atoms with van der Waals surface area (Å²) in [6, 6.07) is 5.54. The Morgan fingerprint density at radius 3 is 2.47 bits per heavy atom. The van der Waals surface area contributed by atoms with Crippen LogP contribution in [0.3, 0.4) is 0 Å². The van der Waals surface area contributed by atoms with E-state index in [0.717, 1.165) is 48.9 Å². The average Bonchev–Trinajstić information content (AvgIpc) is 2.76. The summed E-state index contributed by atoms with van der Waals surface area (Å²) >= 11 is 0. The van der Waals surface area contributed by atoms with E-state index in [1.165, 1.54) is 4.90 Å². The fraction of sp³-hybridized carbons (Fsp3) is 0.667. The van der Waals surface area contributed by atoms with Gasteiger partial charge in [0.25, 0.3) is 5.91 Å². The summed E-state index contributed by atoms with van der Waals surface area (Å²) in [6.07, 6.45) is 5.22. The van der Waals surface area contributed by atoms with E-state index in [1.54, 1.807) is 0 Å². The summed E-state index contributed by atoms with van der Waals surface area (Å²) in [5, 5.41) is 13.8. The van der Waals surface area contributed by atoms with Crippen molar-refractivity contribution in [2.24, 2.45) is 17.3 Å². The molecule has 0 saturated heterocycles. The van der Waals surface area contributed by atoms with Gasteiger partial charge in [-0.25, -0.2) is 0 Å². The molecule has 7 nitrogen and oxygen atoms in total. The third kappa shape index (κ3) is 4.85. The van der Waals surface area contributed by atoms with Crippen LogP contribution in [0, 0.1) is 31.1 Å². The molecule has 1 aromatic carbocycles. The fourth-order valence-electron chi connectivity index (χ4n) is 6.76. The van der Waals surface area contributed by atoms with Crippen molar-refractivity contribution < 1.29 is 24.2 Å². The number of nitrogens with one attached hydrogen (secondary N) is 1. The number of carbonyl (C=O) groups excluding carboxylic acids is 3. The van der Waals surface area contributed by atoms with Gasteiger partial charge in [-0.3, -0.25) is 14.4 Å². The van der Waals surface area contributed by atoms with Crippen molar-refractivity contribution in [3.63, 3.8) is 0 Å². The molecule has 7 heteroatoms. The zero-order chi connectivity index (χ0) is 24.7. The van der Waals surface area contributed by atoms with Crippen LogP contribution in [0.15, 0.2) is 18.2 Å². The number of amides is 2. The number of nitrogens with zero attached hydrogens (tertiary/aromatic N) is 1. The molecule has 4 fully saturated rings. The maximum absolute atomic E-state index is 13.2. The van der Waals surface area contributed by atoms with Crippen molar-refractivity contribution in [2.45, 2.75) is 84.3 Å². The third-order valence-electron chi connectivity index (χ3n) is 8.43. The van der Waals surface area contributed by atoms with E-state index in [9.17, 15) is 19.5 Å². The Kier molecular flexibility index (Phi) is 6.78. The maximum Gasteiger partial charge on any atom is 0.312 e. The van der Waals surface area contributed by atoms with Gasteiger partial charge in [-0.1, -0.05) is 19.1 Å². The number of esters is 1. The fourth-order valence-corrected chi connectivity index (χ4v) is 6.76. The van der Waals surface area contributed by atoms with Crippen molar-refractivity contribution in [3.05, 3.63) is 29.3 Å². The molecule has 0 radical (unpaired) electrons. The minimum Gasteiger partial charge on any atom is -0.455 e. The molecule has 4 aliphatic rings. The van der Waals surface area contributed by atoms with Gasteiger partial charge in [-0.2, -0.15) is 0 Å². The van der Waals surface area contributed by atoms with E-state index in [0.29, 0.717) is 24.7 Å². The number of rotatable bonds is 8. The highest BCUT2D eigenvalue weighted by Gasteiger charge is 2.61. The lowest BCUT2D eigenvalue weighted by atomic mass is 9.48. The number of hydrogen-bond acceptors (Lipinski definition) is 5. The topological polar surface area (TPSA) is 95.9 Å². The van der Waals surface area contributed by atoms with Gasteiger partial charge in [-0.05, 0) is 94.7 Å². The number of benzene rings is 1. The molecular weight excluding hydrogens is 432 g/mol. The molecule has 1 aromatic rings. The van der Waals surface area contributed by atoms with Gasteiger partial charge in [0.15, 0.2) is 6.61 Å². The molecule has 4 bridgehead atoms. The van der Waals surface area contributed by atoms with Crippen LogP contribution < -0.4 is 5.32 Å². The van der Waals surface area contributed by atoms with E-state index in [1.807, 2.05) is 45.9 Å². The molecule has 0 unspecified atom stereocenters. The molecule has 34 heavy (non-hydrogen) atoms. The first kappa shape index (κ1) is 24.7. The second-order valence-corrected chi connectivity index (χ2v) is 11.1. The zero-order valence-corrected chi connectivity index (χ0v) is 20.9. The lowest BCUT2D eigenvalue weighted by Gasteiger charge is -2.58. The molecule has 0 aliphatic heterocycles. The monoisotopic (exact) mass is 470 g/mol. The number of aryl methyl sites for hydroxylation is 1. The predicted octanol–water partition coefficient (Wildman–Crippen LogP) is 3.74. The van der Waals surface area contributed by atoms with Gasteiger partial charge in [-0.15, -0.1) is 0 Å². The summed E-state index contributed by atoms with van der Waals surface area (Å²) < 4.78 is 5.57. The van der Waals surface area contributed by atoms with Crippen LogP contribution in [0.1, 0.15) is 69.9 Å². The van der Waals surface area contributed by atoms with Crippen molar-refractivity contribution in [1.29, 1.82) is 0 Å². The molecular formula is C27H38N2O5. The van der Waals surface area contributed by atoms with Crippen molar-refractivity contribution >= 4 is 23.5 Å². The van der Waals surface area contributed by atoms with E-state index in [-0.39, 0.29) is 37.0 Å². The summed E-state index contributed by atoms with van der Waals surface area (Å²) in [5.41, 5.74) is 1.37. The van der Waals surface area contributed by atoms with E-state index >= 15 is 0 Å². The standard InChI is InChI=1S/C27H38N2O5/c1-5-18(3)29(14-23(30)28-22-8-6-7-17(2)19(22)4)24(31)15-34-25(32)26-10-20-9-21(11-26)13-27(33,12-20)16-26/h6-8,18,20-21,33H,5,9-16H2,1-4H3,(H,28,30)/t18-,20-,21-,26?,27?/m1/s1. The van der Waals surface area contributed by atoms with Gasteiger partial charge in [0.2, 0.25) is 5.91 Å². The first-order valence-electron chi connectivity index (χ1n) is 12.6. The summed E-state index contributed by atoms with van der Waals surface area (Å²) in [4.78, 5) is 40.5. The van der Waals surface area contributed by atoms with Crippen LogP contribution in [-0.4, -0.2) is 52.6 Å². The Hall–Kier alpha value is -2.41. The molecule has 2 N–H and O–H groups in total. The molecule has 5 rings (SSSR count). The third-order valence-corrected chi connectivity index (χ3v) is 8.43. The number of ether oxygens (including phenoxy) is 1. The first-order valence-corrected chi connectivity index (χ1v) is 12.6. The first-order chi connectivity index (χ1) is 16.0. The Morgan fingerprint density at radius 2 is 1.85 bits per heavy atom. The number of hydrogen-bond donors (Lipinski definition) is 2. The second kappa shape index (κ2) is 9.33. The highest BCUT2D eigenvalue weighted by molar-refractivity contribution is 5.95. The highest BCUT2D eigenvalue weighted by Crippen LogP contribution is 2.61. The Balaban J connectivity index is 1.38. The van der Waals surface area contributed by atoms with Gasteiger partial charge in [0, 0.05) is 11.7 Å². The van der Waals surface area contributed by atoms with Crippen LogP contribution in [0.25, 0.3) is 0 Å². The average molecular weight is 471 g/mol. The largest absolute Gasteiger partial charge is 0.455 e. The van der Waals surface area contributed by atoms with Crippen molar-refractivity contribution in [2.75, 3.05) is 18.5 Å². The predicted molar refractivity (Wildman–Crippen MR) is 129 cm³/mol. The van der Waals surface area contributed by atoms with Gasteiger partial charge in [0.05, 0.1) is 11.0 Å². The van der Waals surface area contributed by atoms with Crippen molar-refractivity contribution in [3.8, 4) is 0 Å². The minimum atomic E-state index is -0.762. The molecule has 2 amide bonds. The second-order valence-electron chi connectivity index (χ2n) is 11.1. The summed E-state index contributed by atoms with van der Waals surface area (Å²) in [7, 11) is 0. The molecule has 4 aliphatic carbocycles. The van der Waals surface area contributed by atoms with Crippen LogP contribution >= 0.6 is 0 Å². The highest BCUT2D eigenvalue weighted by atomic mass is 16.5. The van der Waals surface area contributed by atoms with Crippen molar-refractivity contribution in [1.82, 2.24) is 4.90 Å². The van der Waals surface area contributed by atoms with Gasteiger partial charge < -0.3 is 20.1 Å². The van der Waals surface area contributed by atoms with Gasteiger partial charge >= 0.3 is 5.97 Å². The zero-order valence-electron chi connectivity index (χ0n) is 20.9. The summed E-state index contributed by atoms with van der Waals surface area (Å²) in [6.45, 7) is 7.29. The Labute approximate surface area is 202 Å². The van der Waals surface area contributed by atoms with Gasteiger partial charge in [0.1, 0.15) is 6.54 Å². The number of anilines is 1. The Morgan fingerprint density at radius 1 is 1.18 bits per heavy atom. The smallest absolute Gasteiger partial charge is 0.312 e. The molecule has 4 saturated carbocycles.